The van der Waals surface area contributed by atoms with Crippen LogP contribution in [0.1, 0.15) is 25.5 Å². The molecule has 0 radical (unpaired) electrons. The van der Waals surface area contributed by atoms with Crippen LogP contribution in [0, 0.1) is 0 Å². The summed E-state index contributed by atoms with van der Waals surface area (Å²) in [6.45, 7) is 4.24. The predicted octanol–water partition coefficient (Wildman–Crippen LogP) is 2.72. The second kappa shape index (κ2) is 3.84. The maximum Gasteiger partial charge on any atom is 0.104 e. The topological polar surface area (TPSA) is 38.7 Å². The van der Waals surface area contributed by atoms with Gasteiger partial charge in [-0.15, -0.1) is 0 Å². The van der Waals surface area contributed by atoms with E-state index in [4.69, 9.17) is 0 Å². The first kappa shape index (κ1) is 9.27. The molecule has 0 N–H and O–H groups in total. The first-order valence-electron chi connectivity index (χ1n) is 4.51. The van der Waals surface area contributed by atoms with Gasteiger partial charge in [0.15, 0.2) is 0 Å². The van der Waals surface area contributed by atoms with E-state index in [0.717, 1.165) is 16.3 Å². The Bertz CT molecular complexity index is 409. The lowest BCUT2D eigenvalue weighted by molar-refractivity contribution is 0.816. The van der Waals surface area contributed by atoms with Gasteiger partial charge in [-0.3, -0.25) is 9.97 Å². The summed E-state index contributed by atoms with van der Waals surface area (Å²) in [7, 11) is 0. The van der Waals surface area contributed by atoms with Crippen molar-refractivity contribution in [3.05, 3.63) is 30.4 Å². The van der Waals surface area contributed by atoms with Gasteiger partial charge < -0.3 is 0 Å². The van der Waals surface area contributed by atoms with Gasteiger partial charge in [-0.1, -0.05) is 13.8 Å². The number of aromatic nitrogens is 3. The van der Waals surface area contributed by atoms with Crippen molar-refractivity contribution in [3.8, 4) is 10.6 Å². The summed E-state index contributed by atoms with van der Waals surface area (Å²) in [6, 6.07) is 1.97. The fraction of sp³-hybridized carbons (Fsp3) is 0.300. The normalized spacial score (nSPS) is 10.8. The molecular formula is C10H11N3S. The van der Waals surface area contributed by atoms with Gasteiger partial charge in [-0.2, -0.15) is 0 Å². The van der Waals surface area contributed by atoms with Gasteiger partial charge in [0.1, 0.15) is 5.69 Å². The Morgan fingerprint density at radius 2 is 1.93 bits per heavy atom. The number of hydrogen-bond acceptors (Lipinski definition) is 4. The van der Waals surface area contributed by atoms with Crippen molar-refractivity contribution >= 4 is 11.5 Å². The largest absolute Gasteiger partial charge is 0.257 e. The molecule has 3 nitrogen and oxygen atoms in total. The lowest BCUT2D eigenvalue weighted by atomic mass is 10.1. The molecule has 2 aromatic rings. The van der Waals surface area contributed by atoms with Crippen LogP contribution < -0.4 is 0 Å². The molecule has 0 amide bonds. The van der Waals surface area contributed by atoms with E-state index in [1.54, 1.807) is 18.6 Å². The third-order valence-electron chi connectivity index (χ3n) is 1.94. The minimum absolute atomic E-state index is 0.390. The van der Waals surface area contributed by atoms with Crippen molar-refractivity contribution in [3.63, 3.8) is 0 Å². The van der Waals surface area contributed by atoms with E-state index in [1.807, 2.05) is 6.07 Å². The quantitative estimate of drug-likeness (QED) is 0.756. The summed E-state index contributed by atoms with van der Waals surface area (Å²) in [5.74, 6) is 0.390. The third-order valence-corrected chi connectivity index (χ3v) is 2.70. The lowest BCUT2D eigenvalue weighted by Gasteiger charge is -2.07. The number of hydrogen-bond donors (Lipinski definition) is 0. The zero-order chi connectivity index (χ0) is 9.97. The van der Waals surface area contributed by atoms with Crippen LogP contribution in [0.15, 0.2) is 24.7 Å². The summed E-state index contributed by atoms with van der Waals surface area (Å²) >= 11 is 1.46. The molecule has 0 saturated heterocycles. The van der Waals surface area contributed by atoms with Gasteiger partial charge in [0.2, 0.25) is 0 Å². The third kappa shape index (κ3) is 1.65. The summed E-state index contributed by atoms with van der Waals surface area (Å²) in [5, 5.41) is 0. The molecule has 0 aliphatic rings. The van der Waals surface area contributed by atoms with Crippen LogP contribution in [0.25, 0.3) is 10.6 Å². The van der Waals surface area contributed by atoms with E-state index in [1.165, 1.54) is 11.5 Å². The summed E-state index contributed by atoms with van der Waals surface area (Å²) < 4.78 is 4.07. The van der Waals surface area contributed by atoms with Gasteiger partial charge in [-0.05, 0) is 23.5 Å². The zero-order valence-corrected chi connectivity index (χ0v) is 8.95. The number of rotatable bonds is 2. The van der Waals surface area contributed by atoms with Crippen molar-refractivity contribution in [1.82, 2.24) is 14.3 Å². The van der Waals surface area contributed by atoms with E-state index in [2.05, 4.69) is 28.2 Å². The monoisotopic (exact) mass is 205 g/mol. The molecule has 0 aromatic carbocycles. The molecule has 2 rings (SSSR count). The Balaban J connectivity index is 2.53. The second-order valence-electron chi connectivity index (χ2n) is 3.32. The minimum Gasteiger partial charge on any atom is -0.257 e. The van der Waals surface area contributed by atoms with E-state index in [9.17, 15) is 0 Å². The van der Waals surface area contributed by atoms with E-state index < -0.39 is 0 Å². The molecule has 0 atom stereocenters. The van der Waals surface area contributed by atoms with Crippen LogP contribution in [0.5, 0.6) is 0 Å². The van der Waals surface area contributed by atoms with Crippen molar-refractivity contribution in [1.29, 1.82) is 0 Å². The average molecular weight is 205 g/mol. The molecule has 14 heavy (non-hydrogen) atoms. The fourth-order valence-electron chi connectivity index (χ4n) is 1.30. The highest BCUT2D eigenvalue weighted by Gasteiger charge is 2.11. The van der Waals surface area contributed by atoms with Crippen molar-refractivity contribution in [2.24, 2.45) is 0 Å². The van der Waals surface area contributed by atoms with Gasteiger partial charge in [0.25, 0.3) is 0 Å². The molecule has 4 heteroatoms. The van der Waals surface area contributed by atoms with E-state index in [0.29, 0.717) is 5.92 Å². The lowest BCUT2D eigenvalue weighted by Crippen LogP contribution is -1.97. The Kier molecular flexibility index (Phi) is 2.54. The molecule has 0 aliphatic heterocycles. The van der Waals surface area contributed by atoms with Crippen LogP contribution in [0.2, 0.25) is 0 Å². The van der Waals surface area contributed by atoms with Crippen LogP contribution >= 0.6 is 11.5 Å². The maximum absolute atomic E-state index is 4.35. The summed E-state index contributed by atoms with van der Waals surface area (Å²) in [5.41, 5.74) is 2.00. The molecule has 0 bridgehead atoms. The molecule has 2 aromatic heterocycles. The summed E-state index contributed by atoms with van der Waals surface area (Å²) in [6.07, 6.45) is 5.25. The average Bonchev–Trinajstić information content (AvgIpc) is 2.70. The smallest absolute Gasteiger partial charge is 0.104 e. The fourth-order valence-corrected chi connectivity index (χ4v) is 1.90. The molecule has 0 aliphatic carbocycles. The van der Waals surface area contributed by atoms with Crippen molar-refractivity contribution in [2.75, 3.05) is 0 Å². The van der Waals surface area contributed by atoms with Crippen LogP contribution in [-0.2, 0) is 0 Å². The zero-order valence-electron chi connectivity index (χ0n) is 8.14. The Morgan fingerprint density at radius 1 is 1.14 bits per heavy atom. The number of nitrogens with zero attached hydrogens (tertiary/aromatic N) is 3. The van der Waals surface area contributed by atoms with Gasteiger partial charge in [0.05, 0.1) is 10.6 Å². The first-order valence-corrected chi connectivity index (χ1v) is 5.28. The molecular weight excluding hydrogens is 194 g/mol. The minimum atomic E-state index is 0.390. The van der Waals surface area contributed by atoms with Crippen LogP contribution in [-0.4, -0.2) is 14.3 Å². The van der Waals surface area contributed by atoms with E-state index >= 15 is 0 Å². The SMILES string of the molecule is CC(C)c1nccnc1-c1ccns1. The first-order chi connectivity index (χ1) is 6.79. The highest BCUT2D eigenvalue weighted by molar-refractivity contribution is 7.09. The molecule has 0 spiro atoms. The Labute approximate surface area is 87.0 Å². The standard InChI is InChI=1S/C10H11N3S/c1-7(2)9-10(12-6-5-11-9)8-3-4-13-14-8/h3-7H,1-2H3. The Hall–Kier alpha value is -1.29. The second-order valence-corrected chi connectivity index (χ2v) is 4.15. The highest BCUT2D eigenvalue weighted by Crippen LogP contribution is 2.27. The maximum atomic E-state index is 4.35. The van der Waals surface area contributed by atoms with Gasteiger partial charge in [0, 0.05) is 18.6 Å². The summed E-state index contributed by atoms with van der Waals surface area (Å²) in [4.78, 5) is 9.79. The predicted molar refractivity (Wildman–Crippen MR) is 57.2 cm³/mol. The van der Waals surface area contributed by atoms with Crippen LogP contribution in [0.4, 0.5) is 0 Å². The van der Waals surface area contributed by atoms with E-state index in [-0.39, 0.29) is 0 Å². The Morgan fingerprint density at radius 3 is 2.57 bits per heavy atom. The van der Waals surface area contributed by atoms with Gasteiger partial charge >= 0.3 is 0 Å². The molecule has 0 unspecified atom stereocenters. The molecule has 0 saturated carbocycles. The van der Waals surface area contributed by atoms with Crippen molar-refractivity contribution < 1.29 is 0 Å². The molecule has 72 valence electrons. The molecule has 2 heterocycles. The molecule has 0 fully saturated rings. The van der Waals surface area contributed by atoms with Crippen LogP contribution in [0.3, 0.4) is 0 Å². The van der Waals surface area contributed by atoms with Crippen molar-refractivity contribution in [2.45, 2.75) is 19.8 Å². The highest BCUT2D eigenvalue weighted by atomic mass is 32.1. The van der Waals surface area contributed by atoms with Gasteiger partial charge in [-0.25, -0.2) is 4.37 Å².